The molecule has 3 atom stereocenters. The highest BCUT2D eigenvalue weighted by atomic mass is 16.5. The first-order valence-corrected chi connectivity index (χ1v) is 30.4. The summed E-state index contributed by atoms with van der Waals surface area (Å²) >= 11 is 0. The van der Waals surface area contributed by atoms with Gasteiger partial charge in [0.15, 0.2) is 0 Å². The summed E-state index contributed by atoms with van der Waals surface area (Å²) < 4.78 is 5.97. The Morgan fingerprint density at radius 1 is 0.418 bits per heavy atom. The normalized spacial score (nSPS) is 13.1. The van der Waals surface area contributed by atoms with Gasteiger partial charge < -0.3 is 20.3 Å². The number of hydrogen-bond acceptors (Lipinski definition) is 5. The first-order chi connectivity index (χ1) is 33.0. The van der Waals surface area contributed by atoms with E-state index >= 15 is 0 Å². The number of amides is 1. The molecular weight excluding hydrogens is 827 g/mol. The Morgan fingerprint density at radius 3 is 1.06 bits per heavy atom. The van der Waals surface area contributed by atoms with Crippen molar-refractivity contribution < 1.29 is 24.5 Å². The fraction of sp³-hybridized carbons (Fsp3) is 0.934. The predicted molar refractivity (Wildman–Crippen MR) is 292 cm³/mol. The molecule has 6 heteroatoms. The van der Waals surface area contributed by atoms with Crippen LogP contribution in [0.1, 0.15) is 342 Å². The van der Waals surface area contributed by atoms with Gasteiger partial charge in [0.2, 0.25) is 5.91 Å². The molecule has 3 unspecified atom stereocenters. The highest BCUT2D eigenvalue weighted by molar-refractivity contribution is 5.77. The maximum atomic E-state index is 13.3. The number of rotatable bonds is 56. The molecule has 1 amide bonds. The summed E-state index contributed by atoms with van der Waals surface area (Å²) in [5.74, 6) is -0.453. The lowest BCUT2D eigenvalue weighted by atomic mass is 10.0. The first-order valence-electron chi connectivity index (χ1n) is 30.4. The Labute approximate surface area is 419 Å². The zero-order chi connectivity index (χ0) is 48.8. The molecule has 398 valence electrons. The molecule has 67 heavy (non-hydrogen) atoms. The Bertz CT molecular complexity index is 1020. The zero-order valence-electron chi connectivity index (χ0n) is 45.6. The third kappa shape index (κ3) is 50.8. The maximum Gasteiger partial charge on any atom is 0.306 e. The molecule has 0 saturated heterocycles. The van der Waals surface area contributed by atoms with Crippen molar-refractivity contribution in [3.05, 3.63) is 12.2 Å². The Morgan fingerprint density at radius 2 is 0.716 bits per heavy atom. The van der Waals surface area contributed by atoms with E-state index in [4.69, 9.17) is 4.74 Å². The number of hydrogen-bond donors (Lipinski definition) is 3. The molecule has 0 fully saturated rings. The summed E-state index contributed by atoms with van der Waals surface area (Å²) in [5, 5.41) is 23.9. The predicted octanol–water partition coefficient (Wildman–Crippen LogP) is 18.9. The second-order valence-electron chi connectivity index (χ2n) is 21.1. The molecule has 0 bridgehead atoms. The summed E-state index contributed by atoms with van der Waals surface area (Å²) in [7, 11) is 0. The smallest absolute Gasteiger partial charge is 0.306 e. The average Bonchev–Trinajstić information content (AvgIpc) is 3.32. The van der Waals surface area contributed by atoms with Crippen molar-refractivity contribution >= 4 is 11.9 Å². The van der Waals surface area contributed by atoms with Gasteiger partial charge in [-0.25, -0.2) is 0 Å². The summed E-state index contributed by atoms with van der Waals surface area (Å²) in [6.07, 6.45) is 64.2. The number of carbonyl (C=O) groups is 2. The molecule has 0 spiro atoms. The number of ether oxygens (including phenoxy) is 1. The van der Waals surface area contributed by atoms with Crippen LogP contribution in [0.5, 0.6) is 0 Å². The number of nitrogens with one attached hydrogen (secondary N) is 1. The summed E-state index contributed by atoms with van der Waals surface area (Å²) in [6.45, 7) is 6.53. The van der Waals surface area contributed by atoms with E-state index in [0.717, 1.165) is 51.4 Å². The van der Waals surface area contributed by atoms with Gasteiger partial charge >= 0.3 is 5.97 Å². The lowest BCUT2D eigenvalue weighted by molar-refractivity contribution is -0.151. The van der Waals surface area contributed by atoms with Crippen LogP contribution in [0.3, 0.4) is 0 Å². The molecule has 0 rings (SSSR count). The van der Waals surface area contributed by atoms with Crippen LogP contribution in [0.25, 0.3) is 0 Å². The van der Waals surface area contributed by atoms with Crippen LogP contribution in [0.4, 0.5) is 0 Å². The van der Waals surface area contributed by atoms with Crippen LogP contribution in [0, 0.1) is 0 Å². The van der Waals surface area contributed by atoms with Crippen molar-refractivity contribution in [1.82, 2.24) is 5.32 Å². The molecule has 0 aliphatic carbocycles. The highest BCUT2D eigenvalue weighted by Crippen LogP contribution is 2.19. The molecule has 0 heterocycles. The van der Waals surface area contributed by atoms with Gasteiger partial charge in [0.1, 0.15) is 6.10 Å². The fourth-order valence-corrected chi connectivity index (χ4v) is 9.72. The molecular formula is C61H119NO5. The third-order valence-electron chi connectivity index (χ3n) is 14.3. The van der Waals surface area contributed by atoms with Gasteiger partial charge in [-0.3, -0.25) is 9.59 Å². The molecule has 0 aliphatic rings. The maximum absolute atomic E-state index is 13.3. The number of unbranched alkanes of at least 4 members (excludes halogenated alkanes) is 42. The SMILES string of the molecule is CCCCCCCC/C=C/CCCCCCCCCC(CC(=O)NC(CO)C(O)CCCCCCCCCCCCCCCCCCC)OC(=O)CCCCCCCCCCCCCCCC. The highest BCUT2D eigenvalue weighted by Gasteiger charge is 2.24. The van der Waals surface area contributed by atoms with Crippen molar-refractivity contribution in [3.63, 3.8) is 0 Å². The summed E-state index contributed by atoms with van der Waals surface area (Å²) in [6, 6.07) is -0.698. The van der Waals surface area contributed by atoms with E-state index in [9.17, 15) is 19.8 Å². The van der Waals surface area contributed by atoms with Crippen LogP contribution in [-0.2, 0) is 14.3 Å². The van der Waals surface area contributed by atoms with Crippen LogP contribution in [-0.4, -0.2) is 46.9 Å². The molecule has 0 radical (unpaired) electrons. The lowest BCUT2D eigenvalue weighted by Gasteiger charge is -2.24. The minimum atomic E-state index is -0.785. The third-order valence-corrected chi connectivity index (χ3v) is 14.3. The molecule has 0 aromatic carbocycles. The largest absolute Gasteiger partial charge is 0.462 e. The van der Waals surface area contributed by atoms with Gasteiger partial charge in [-0.1, -0.05) is 290 Å². The topological polar surface area (TPSA) is 95.9 Å². The van der Waals surface area contributed by atoms with Crippen LogP contribution in [0.15, 0.2) is 12.2 Å². The fourth-order valence-electron chi connectivity index (χ4n) is 9.72. The van der Waals surface area contributed by atoms with E-state index in [1.807, 2.05) is 0 Å². The Hall–Kier alpha value is -1.40. The van der Waals surface area contributed by atoms with E-state index < -0.39 is 18.2 Å². The number of carbonyl (C=O) groups excluding carboxylic acids is 2. The van der Waals surface area contributed by atoms with Crippen LogP contribution >= 0.6 is 0 Å². The molecule has 6 nitrogen and oxygen atoms in total. The Kier molecular flexibility index (Phi) is 54.4. The molecule has 0 saturated carbocycles. The van der Waals surface area contributed by atoms with E-state index in [1.165, 1.54) is 244 Å². The molecule has 0 aromatic heterocycles. The minimum Gasteiger partial charge on any atom is -0.462 e. The van der Waals surface area contributed by atoms with Crippen molar-refractivity contribution in [3.8, 4) is 0 Å². The first kappa shape index (κ1) is 65.6. The monoisotopic (exact) mass is 946 g/mol. The van der Waals surface area contributed by atoms with Gasteiger partial charge in [-0.15, -0.1) is 0 Å². The Balaban J connectivity index is 4.49. The second kappa shape index (κ2) is 55.5. The van der Waals surface area contributed by atoms with Crippen LogP contribution < -0.4 is 5.32 Å². The molecule has 0 aromatic rings. The zero-order valence-corrected chi connectivity index (χ0v) is 45.6. The van der Waals surface area contributed by atoms with E-state index in [0.29, 0.717) is 19.3 Å². The molecule has 3 N–H and O–H groups in total. The van der Waals surface area contributed by atoms with E-state index in [1.54, 1.807) is 0 Å². The van der Waals surface area contributed by atoms with Gasteiger partial charge in [0, 0.05) is 6.42 Å². The van der Waals surface area contributed by atoms with Gasteiger partial charge in [0.25, 0.3) is 0 Å². The van der Waals surface area contributed by atoms with Gasteiger partial charge in [-0.2, -0.15) is 0 Å². The van der Waals surface area contributed by atoms with E-state index in [-0.39, 0.29) is 24.9 Å². The quantitative estimate of drug-likeness (QED) is 0.0321. The average molecular weight is 947 g/mol. The second-order valence-corrected chi connectivity index (χ2v) is 21.1. The van der Waals surface area contributed by atoms with Crippen molar-refractivity contribution in [1.29, 1.82) is 0 Å². The van der Waals surface area contributed by atoms with E-state index in [2.05, 4.69) is 38.2 Å². The van der Waals surface area contributed by atoms with Crippen molar-refractivity contribution in [2.75, 3.05) is 6.61 Å². The minimum absolute atomic E-state index is 0.0825. The number of allylic oxidation sites excluding steroid dienone is 2. The summed E-state index contributed by atoms with van der Waals surface area (Å²) in [4.78, 5) is 26.3. The lowest BCUT2D eigenvalue weighted by Crippen LogP contribution is -2.46. The van der Waals surface area contributed by atoms with Gasteiger partial charge in [0.05, 0.1) is 25.2 Å². The standard InChI is InChI=1S/C61H119NO5/c1-4-7-10-13-16-19-22-25-28-30-32-34-37-40-43-46-49-52-57(67-61(66)54-51-48-45-42-39-36-27-24-21-18-15-12-9-6-3)55-60(65)62-58(56-63)59(64)53-50-47-44-41-38-35-33-31-29-26-23-20-17-14-11-8-5-2/h25,28,57-59,63-64H,4-24,26-27,29-56H2,1-3H3,(H,62,65)/b28-25+. The molecule has 0 aliphatic heterocycles. The van der Waals surface area contributed by atoms with Crippen LogP contribution in [0.2, 0.25) is 0 Å². The van der Waals surface area contributed by atoms with Crippen molar-refractivity contribution in [2.24, 2.45) is 0 Å². The number of aliphatic hydroxyl groups excluding tert-OH is 2. The number of aliphatic hydroxyl groups is 2. The summed E-state index contributed by atoms with van der Waals surface area (Å²) in [5.41, 5.74) is 0. The number of esters is 1. The van der Waals surface area contributed by atoms with Gasteiger partial charge in [-0.05, 0) is 51.4 Å². The van der Waals surface area contributed by atoms with Crippen molar-refractivity contribution in [2.45, 2.75) is 360 Å².